The summed E-state index contributed by atoms with van der Waals surface area (Å²) in [5, 5.41) is 2.87. The predicted molar refractivity (Wildman–Crippen MR) is 72.1 cm³/mol. The number of ether oxygens (including phenoxy) is 1. The highest BCUT2D eigenvalue weighted by molar-refractivity contribution is 7.73. The van der Waals surface area contributed by atoms with E-state index in [1.807, 2.05) is 13.8 Å². The van der Waals surface area contributed by atoms with Gasteiger partial charge in [0.2, 0.25) is 5.91 Å². The van der Waals surface area contributed by atoms with Gasteiger partial charge in [-0.1, -0.05) is 0 Å². The van der Waals surface area contributed by atoms with Crippen LogP contribution in [0.5, 0.6) is 0 Å². The van der Waals surface area contributed by atoms with Crippen LogP contribution in [0.15, 0.2) is 0 Å². The maximum atomic E-state index is 11.6. The van der Waals surface area contributed by atoms with Gasteiger partial charge in [0.1, 0.15) is 0 Å². The summed E-state index contributed by atoms with van der Waals surface area (Å²) in [5.41, 5.74) is 0.990. The third-order valence-electron chi connectivity index (χ3n) is 2.24. The topological polar surface area (TPSA) is 54.1 Å². The van der Waals surface area contributed by atoms with Crippen molar-refractivity contribution in [2.24, 2.45) is 0 Å². The quantitative estimate of drug-likeness (QED) is 0.592. The van der Waals surface area contributed by atoms with Crippen molar-refractivity contribution < 1.29 is 9.53 Å². The van der Waals surface area contributed by atoms with E-state index in [0.29, 0.717) is 19.6 Å². The number of carbonyl (C=O) groups is 1. The average molecular weight is 274 g/mol. The molecule has 0 radical (unpaired) electrons. The Morgan fingerprint density at radius 3 is 2.94 bits per heavy atom. The number of aromatic amines is 1. The number of thiazole rings is 1. The third-order valence-corrected chi connectivity index (χ3v) is 3.57. The van der Waals surface area contributed by atoms with Gasteiger partial charge < -0.3 is 15.0 Å². The molecule has 2 N–H and O–H groups in total. The fourth-order valence-corrected chi connectivity index (χ4v) is 2.65. The van der Waals surface area contributed by atoms with E-state index in [2.05, 4.69) is 10.3 Å². The molecule has 0 aliphatic heterocycles. The van der Waals surface area contributed by atoms with Crippen molar-refractivity contribution in [2.75, 3.05) is 19.8 Å². The fraction of sp³-hybridized carbons (Fsp3) is 0.636. The predicted octanol–water partition coefficient (Wildman–Crippen LogP) is 2.20. The van der Waals surface area contributed by atoms with Gasteiger partial charge in [0.05, 0.1) is 6.42 Å². The molecule has 0 fully saturated rings. The number of H-pyrrole nitrogens is 1. The number of hydrogen-bond donors (Lipinski definition) is 2. The Kier molecular flexibility index (Phi) is 6.39. The molecule has 0 unspecified atom stereocenters. The molecule has 17 heavy (non-hydrogen) atoms. The van der Waals surface area contributed by atoms with Crippen molar-refractivity contribution in [3.63, 3.8) is 0 Å². The minimum Gasteiger partial charge on any atom is -0.382 e. The zero-order valence-electron chi connectivity index (χ0n) is 10.2. The van der Waals surface area contributed by atoms with Crippen LogP contribution in [-0.4, -0.2) is 30.6 Å². The summed E-state index contributed by atoms with van der Waals surface area (Å²) in [4.78, 5) is 15.7. The summed E-state index contributed by atoms with van der Waals surface area (Å²) in [6.45, 7) is 5.97. The van der Waals surface area contributed by atoms with Gasteiger partial charge in [0, 0.05) is 30.3 Å². The first-order chi connectivity index (χ1) is 8.13. The normalized spacial score (nSPS) is 10.5. The van der Waals surface area contributed by atoms with Crippen LogP contribution in [0.25, 0.3) is 0 Å². The van der Waals surface area contributed by atoms with E-state index in [1.165, 1.54) is 11.3 Å². The van der Waals surface area contributed by atoms with Gasteiger partial charge in [-0.2, -0.15) is 0 Å². The maximum absolute atomic E-state index is 11.6. The highest BCUT2D eigenvalue weighted by Crippen LogP contribution is 2.14. The highest BCUT2D eigenvalue weighted by Gasteiger charge is 2.07. The first-order valence-corrected chi connectivity index (χ1v) is 6.89. The molecule has 0 aliphatic carbocycles. The van der Waals surface area contributed by atoms with Crippen LogP contribution in [0.2, 0.25) is 0 Å². The van der Waals surface area contributed by atoms with E-state index in [0.717, 1.165) is 27.6 Å². The van der Waals surface area contributed by atoms with Crippen LogP contribution >= 0.6 is 23.6 Å². The molecule has 1 heterocycles. The van der Waals surface area contributed by atoms with Crippen molar-refractivity contribution in [3.8, 4) is 0 Å². The lowest BCUT2D eigenvalue weighted by molar-refractivity contribution is -0.120. The summed E-state index contributed by atoms with van der Waals surface area (Å²) >= 11 is 6.49. The minimum atomic E-state index is 0.0369. The van der Waals surface area contributed by atoms with E-state index in [1.54, 1.807) is 0 Å². The second-order valence-corrected chi connectivity index (χ2v) is 5.41. The number of aromatic nitrogens is 1. The molecule has 0 aromatic carbocycles. The molecular formula is C11H18N2O2S2. The van der Waals surface area contributed by atoms with Gasteiger partial charge in [0.25, 0.3) is 0 Å². The minimum absolute atomic E-state index is 0.0369. The molecule has 0 saturated heterocycles. The van der Waals surface area contributed by atoms with Gasteiger partial charge in [-0.15, -0.1) is 11.3 Å². The van der Waals surface area contributed by atoms with Gasteiger partial charge in [0.15, 0.2) is 3.95 Å². The molecule has 0 atom stereocenters. The van der Waals surface area contributed by atoms with Crippen LogP contribution in [0.1, 0.15) is 23.9 Å². The van der Waals surface area contributed by atoms with E-state index in [9.17, 15) is 4.79 Å². The first-order valence-electron chi connectivity index (χ1n) is 5.66. The van der Waals surface area contributed by atoms with Crippen molar-refractivity contribution in [3.05, 3.63) is 14.5 Å². The van der Waals surface area contributed by atoms with Gasteiger partial charge >= 0.3 is 0 Å². The number of amides is 1. The molecule has 1 aromatic heterocycles. The van der Waals surface area contributed by atoms with Crippen molar-refractivity contribution in [1.29, 1.82) is 0 Å². The maximum Gasteiger partial charge on any atom is 0.225 e. The van der Waals surface area contributed by atoms with Gasteiger partial charge in [-0.25, -0.2) is 0 Å². The van der Waals surface area contributed by atoms with Crippen LogP contribution in [0, 0.1) is 10.9 Å². The van der Waals surface area contributed by atoms with Crippen molar-refractivity contribution in [1.82, 2.24) is 10.3 Å². The monoisotopic (exact) mass is 274 g/mol. The molecule has 0 bridgehead atoms. The molecule has 96 valence electrons. The largest absolute Gasteiger partial charge is 0.382 e. The van der Waals surface area contributed by atoms with Crippen LogP contribution in [0.3, 0.4) is 0 Å². The van der Waals surface area contributed by atoms with Crippen molar-refractivity contribution >= 4 is 29.5 Å². The lowest BCUT2D eigenvalue weighted by Crippen LogP contribution is -2.26. The Morgan fingerprint density at radius 2 is 2.35 bits per heavy atom. The second kappa shape index (κ2) is 7.58. The molecule has 4 nitrogen and oxygen atoms in total. The summed E-state index contributed by atoms with van der Waals surface area (Å²) in [7, 11) is 0. The molecule has 0 aliphatic rings. The molecular weight excluding hydrogens is 256 g/mol. The van der Waals surface area contributed by atoms with Gasteiger partial charge in [-0.3, -0.25) is 4.79 Å². The Labute approximate surface area is 110 Å². The summed E-state index contributed by atoms with van der Waals surface area (Å²) in [6.07, 6.45) is 1.25. The molecule has 1 amide bonds. The summed E-state index contributed by atoms with van der Waals surface area (Å²) in [5.74, 6) is 0.0369. The zero-order chi connectivity index (χ0) is 12.7. The van der Waals surface area contributed by atoms with Crippen LogP contribution in [0.4, 0.5) is 0 Å². The van der Waals surface area contributed by atoms with Gasteiger partial charge in [-0.05, 0) is 32.5 Å². The summed E-state index contributed by atoms with van der Waals surface area (Å²) < 4.78 is 5.91. The number of hydrogen-bond acceptors (Lipinski definition) is 4. The SMILES string of the molecule is CCOCCCNC(=O)Cc1sc(=S)[nH]c1C. The molecule has 0 saturated carbocycles. The van der Waals surface area contributed by atoms with E-state index in [-0.39, 0.29) is 5.91 Å². The number of carbonyl (C=O) groups excluding carboxylic acids is 1. The summed E-state index contributed by atoms with van der Waals surface area (Å²) in [6, 6.07) is 0. The lowest BCUT2D eigenvalue weighted by Gasteiger charge is -2.04. The molecule has 0 spiro atoms. The fourth-order valence-electron chi connectivity index (χ4n) is 1.36. The number of nitrogens with one attached hydrogen (secondary N) is 2. The van der Waals surface area contributed by atoms with Crippen molar-refractivity contribution in [2.45, 2.75) is 26.7 Å². The Balaban J connectivity index is 2.25. The van der Waals surface area contributed by atoms with Crippen LogP contribution < -0.4 is 5.32 Å². The van der Waals surface area contributed by atoms with Crippen LogP contribution in [-0.2, 0) is 16.0 Å². The van der Waals surface area contributed by atoms with E-state index < -0.39 is 0 Å². The molecule has 1 rings (SSSR count). The smallest absolute Gasteiger partial charge is 0.225 e. The molecule has 6 heteroatoms. The standard InChI is InChI=1S/C11H18N2O2S2/c1-3-15-6-4-5-12-10(14)7-9-8(2)13-11(16)17-9/h3-7H2,1-2H3,(H,12,14)(H,13,16). The molecule has 1 aromatic rings. The van der Waals surface area contributed by atoms with E-state index >= 15 is 0 Å². The zero-order valence-corrected chi connectivity index (χ0v) is 11.8. The second-order valence-electron chi connectivity index (χ2n) is 3.64. The Morgan fingerprint density at radius 1 is 1.59 bits per heavy atom. The number of rotatable bonds is 7. The number of aryl methyl sites for hydroxylation is 1. The average Bonchev–Trinajstić information content (AvgIpc) is 2.57. The lowest BCUT2D eigenvalue weighted by atomic mass is 10.3. The highest BCUT2D eigenvalue weighted by atomic mass is 32.1. The Hall–Kier alpha value is -0.720. The first kappa shape index (κ1) is 14.3. The van der Waals surface area contributed by atoms with E-state index in [4.69, 9.17) is 17.0 Å². The third kappa shape index (κ3) is 5.43. The Bertz CT molecular complexity index is 412.